The van der Waals surface area contributed by atoms with E-state index in [1.807, 2.05) is 6.07 Å². The Bertz CT molecular complexity index is 569. The predicted octanol–water partition coefficient (Wildman–Crippen LogP) is 9.45. The van der Waals surface area contributed by atoms with Crippen LogP contribution in [0.15, 0.2) is 18.2 Å². The van der Waals surface area contributed by atoms with E-state index in [0.29, 0.717) is 0 Å². The fraction of sp³-hybridized carbons (Fsp3) is 0.806. The summed E-state index contributed by atoms with van der Waals surface area (Å²) < 4.78 is 12.3. The van der Waals surface area contributed by atoms with Gasteiger partial charge in [-0.1, -0.05) is 116 Å². The van der Waals surface area contributed by atoms with Crippen molar-refractivity contribution < 1.29 is 19.7 Å². The zero-order chi connectivity index (χ0) is 25.4. The maximum atomic E-state index is 9.94. The molecule has 1 aromatic rings. The minimum Gasteiger partial charge on any atom is -0.504 e. The van der Waals surface area contributed by atoms with Crippen LogP contribution in [-0.4, -0.2) is 29.7 Å². The number of para-hydroxylation sites is 1. The molecule has 4 heteroatoms. The van der Waals surface area contributed by atoms with Gasteiger partial charge in [-0.05, 0) is 50.2 Å². The number of aryl methyl sites for hydroxylation is 1. The van der Waals surface area contributed by atoms with Crippen LogP contribution < -0.4 is 0 Å². The van der Waals surface area contributed by atoms with Crippen LogP contribution in [-0.2, 0) is 15.9 Å². The van der Waals surface area contributed by atoms with Crippen molar-refractivity contribution in [2.24, 2.45) is 0 Å². The molecule has 2 N–H and O–H groups in total. The molecule has 0 fully saturated rings. The number of phenolic OH excluding ortho intramolecular Hbond substituents is 2. The fourth-order valence-corrected chi connectivity index (χ4v) is 4.52. The highest BCUT2D eigenvalue weighted by Crippen LogP contribution is 2.29. The van der Waals surface area contributed by atoms with Crippen molar-refractivity contribution in [1.82, 2.24) is 0 Å². The van der Waals surface area contributed by atoms with Crippen LogP contribution in [0.4, 0.5) is 0 Å². The summed E-state index contributed by atoms with van der Waals surface area (Å²) in [7, 11) is 0. The maximum absolute atomic E-state index is 9.94. The van der Waals surface area contributed by atoms with E-state index in [1.165, 1.54) is 83.1 Å². The van der Waals surface area contributed by atoms with Gasteiger partial charge in [-0.15, -0.1) is 0 Å². The zero-order valence-corrected chi connectivity index (χ0v) is 23.1. The van der Waals surface area contributed by atoms with Gasteiger partial charge in [0.05, 0.1) is 0 Å². The van der Waals surface area contributed by atoms with Gasteiger partial charge >= 0.3 is 0 Å². The fourth-order valence-electron chi connectivity index (χ4n) is 4.52. The van der Waals surface area contributed by atoms with Crippen LogP contribution in [0.5, 0.6) is 11.5 Å². The molecular formula is C31H56O4. The van der Waals surface area contributed by atoms with Gasteiger partial charge in [0.2, 0.25) is 0 Å². The molecule has 0 spiro atoms. The first kappa shape index (κ1) is 31.8. The van der Waals surface area contributed by atoms with Crippen molar-refractivity contribution in [3.8, 4) is 11.5 Å². The lowest BCUT2D eigenvalue weighted by Crippen LogP contribution is -2.19. The summed E-state index contributed by atoms with van der Waals surface area (Å²) in [6.45, 7) is 6.15. The van der Waals surface area contributed by atoms with Crippen molar-refractivity contribution >= 4 is 0 Å². The van der Waals surface area contributed by atoms with Crippen LogP contribution in [0.3, 0.4) is 0 Å². The molecule has 0 aromatic heterocycles. The Morgan fingerprint density at radius 3 is 1.66 bits per heavy atom. The number of hydrogen-bond acceptors (Lipinski definition) is 4. The molecular weight excluding hydrogens is 436 g/mol. The molecule has 0 unspecified atom stereocenters. The van der Waals surface area contributed by atoms with E-state index in [-0.39, 0.29) is 17.8 Å². The molecule has 0 aliphatic rings. The average Bonchev–Trinajstić information content (AvgIpc) is 2.86. The third-order valence-electron chi connectivity index (χ3n) is 6.84. The van der Waals surface area contributed by atoms with E-state index in [1.54, 1.807) is 6.07 Å². The highest BCUT2D eigenvalue weighted by atomic mass is 16.7. The van der Waals surface area contributed by atoms with Gasteiger partial charge in [0.25, 0.3) is 0 Å². The Morgan fingerprint density at radius 2 is 1.09 bits per heavy atom. The topological polar surface area (TPSA) is 58.9 Å². The Morgan fingerprint density at radius 1 is 0.600 bits per heavy atom. The van der Waals surface area contributed by atoms with E-state index in [0.717, 1.165) is 70.1 Å². The van der Waals surface area contributed by atoms with E-state index < -0.39 is 0 Å². The number of phenols is 2. The normalized spacial score (nSPS) is 11.5. The average molecular weight is 493 g/mol. The van der Waals surface area contributed by atoms with Crippen molar-refractivity contribution in [1.29, 1.82) is 0 Å². The molecule has 0 saturated heterocycles. The zero-order valence-electron chi connectivity index (χ0n) is 23.1. The van der Waals surface area contributed by atoms with Crippen molar-refractivity contribution in [3.63, 3.8) is 0 Å². The molecule has 0 aliphatic carbocycles. The second-order valence-corrected chi connectivity index (χ2v) is 10.2. The maximum Gasteiger partial charge on any atom is 0.160 e. The van der Waals surface area contributed by atoms with Crippen LogP contribution in [0, 0.1) is 0 Å². The van der Waals surface area contributed by atoms with Gasteiger partial charge in [-0.2, -0.15) is 0 Å². The van der Waals surface area contributed by atoms with E-state index in [2.05, 4.69) is 13.8 Å². The largest absolute Gasteiger partial charge is 0.504 e. The summed E-state index contributed by atoms with van der Waals surface area (Å²) in [6, 6.07) is 5.21. The summed E-state index contributed by atoms with van der Waals surface area (Å²) in [5.41, 5.74) is 0.832. The quantitative estimate of drug-likeness (QED) is 0.0810. The third-order valence-corrected chi connectivity index (χ3v) is 6.84. The highest BCUT2D eigenvalue weighted by molar-refractivity contribution is 5.44. The molecule has 204 valence electrons. The molecule has 0 amide bonds. The monoisotopic (exact) mass is 492 g/mol. The minimum absolute atomic E-state index is 0.0263. The van der Waals surface area contributed by atoms with Gasteiger partial charge in [0, 0.05) is 13.2 Å². The summed E-state index contributed by atoms with van der Waals surface area (Å²) in [6.07, 6.45) is 24.3. The Labute approximate surface area is 216 Å². The van der Waals surface area contributed by atoms with E-state index in [9.17, 15) is 10.2 Å². The molecule has 0 aliphatic heterocycles. The Hall–Kier alpha value is -1.26. The number of aromatic hydroxyl groups is 2. The second kappa shape index (κ2) is 23.2. The Balaban J connectivity index is 2.20. The van der Waals surface area contributed by atoms with E-state index >= 15 is 0 Å². The van der Waals surface area contributed by atoms with Gasteiger partial charge in [-0.25, -0.2) is 0 Å². The first-order chi connectivity index (χ1) is 17.2. The molecule has 4 nitrogen and oxygen atoms in total. The van der Waals surface area contributed by atoms with Crippen molar-refractivity contribution in [2.45, 2.75) is 149 Å². The third kappa shape index (κ3) is 17.8. The molecule has 1 aromatic carbocycles. The number of benzene rings is 1. The van der Waals surface area contributed by atoms with Crippen LogP contribution in [0.1, 0.15) is 141 Å². The van der Waals surface area contributed by atoms with E-state index in [4.69, 9.17) is 9.47 Å². The lowest BCUT2D eigenvalue weighted by molar-refractivity contribution is -0.148. The molecule has 35 heavy (non-hydrogen) atoms. The number of rotatable bonds is 25. The lowest BCUT2D eigenvalue weighted by atomic mass is 10.0. The molecule has 0 atom stereocenters. The minimum atomic E-state index is -0.0645. The number of unbranched alkanes of at least 4 members (excludes halogenated alkanes) is 15. The van der Waals surface area contributed by atoms with Crippen LogP contribution >= 0.6 is 0 Å². The summed E-state index contributed by atoms with van der Waals surface area (Å²) in [5.74, 6) is 0.00616. The SMILES string of the molecule is CCCCCCCCCOC(CCCCCCc1cccc(O)c1O)OCCCCCCCCC. The second-order valence-electron chi connectivity index (χ2n) is 10.2. The number of hydrogen-bond donors (Lipinski definition) is 2. The number of ether oxygens (including phenoxy) is 2. The molecule has 0 radical (unpaired) electrons. The highest BCUT2D eigenvalue weighted by Gasteiger charge is 2.10. The summed E-state index contributed by atoms with van der Waals surface area (Å²) in [4.78, 5) is 0. The predicted molar refractivity (Wildman–Crippen MR) is 148 cm³/mol. The first-order valence-electron chi connectivity index (χ1n) is 14.9. The van der Waals surface area contributed by atoms with Crippen molar-refractivity contribution in [3.05, 3.63) is 23.8 Å². The standard InChI is InChI=1S/C31H56O4/c1-3-5-7-9-11-15-19-26-34-30(35-27-20-16-12-10-8-6-4-2)25-18-14-13-17-22-28-23-21-24-29(32)31(28)33/h21,23-24,30,32-33H,3-20,22,25-27H2,1-2H3. The lowest BCUT2D eigenvalue weighted by Gasteiger charge is -2.19. The smallest absolute Gasteiger partial charge is 0.160 e. The molecule has 0 saturated carbocycles. The van der Waals surface area contributed by atoms with Crippen LogP contribution in [0.2, 0.25) is 0 Å². The van der Waals surface area contributed by atoms with Crippen molar-refractivity contribution in [2.75, 3.05) is 13.2 Å². The molecule has 1 rings (SSSR count). The van der Waals surface area contributed by atoms with Gasteiger partial charge < -0.3 is 19.7 Å². The van der Waals surface area contributed by atoms with Gasteiger partial charge in [0.15, 0.2) is 17.8 Å². The first-order valence-corrected chi connectivity index (χ1v) is 14.9. The Kier molecular flexibility index (Phi) is 21.0. The summed E-state index contributed by atoms with van der Waals surface area (Å²) >= 11 is 0. The van der Waals surface area contributed by atoms with Crippen LogP contribution in [0.25, 0.3) is 0 Å². The molecule has 0 heterocycles. The molecule has 0 bridgehead atoms. The van der Waals surface area contributed by atoms with Gasteiger partial charge in [-0.3, -0.25) is 0 Å². The summed E-state index contributed by atoms with van der Waals surface area (Å²) in [5, 5.41) is 19.6. The van der Waals surface area contributed by atoms with Gasteiger partial charge in [0.1, 0.15) is 0 Å².